The summed E-state index contributed by atoms with van der Waals surface area (Å²) in [6, 6.07) is 0.486. The van der Waals surface area contributed by atoms with Crippen molar-refractivity contribution < 1.29 is 4.74 Å². The van der Waals surface area contributed by atoms with Crippen molar-refractivity contribution >= 4 is 0 Å². The summed E-state index contributed by atoms with van der Waals surface area (Å²) in [6.45, 7) is 4.19. The molecular weight excluding hydrogens is 188 g/mol. The van der Waals surface area contributed by atoms with Gasteiger partial charge in [-0.25, -0.2) is 0 Å². The molecule has 0 aromatic carbocycles. The topological polar surface area (TPSA) is 47.3 Å². The van der Waals surface area contributed by atoms with Crippen LogP contribution in [0.3, 0.4) is 0 Å². The summed E-state index contributed by atoms with van der Waals surface area (Å²) in [5, 5.41) is 0. The zero-order valence-corrected chi connectivity index (χ0v) is 9.74. The Hall–Kier alpha value is -0.120. The molecular formula is C12H24N2O. The zero-order valence-electron chi connectivity index (χ0n) is 9.74. The molecule has 2 fully saturated rings. The van der Waals surface area contributed by atoms with Gasteiger partial charge in [-0.1, -0.05) is 19.8 Å². The molecule has 0 radical (unpaired) electrons. The molecule has 2 aliphatic rings. The number of nitrogens with two attached hydrogens (primary N) is 1. The van der Waals surface area contributed by atoms with Crippen LogP contribution in [-0.4, -0.2) is 19.3 Å². The second-order valence-corrected chi connectivity index (χ2v) is 5.34. The second kappa shape index (κ2) is 5.28. The fourth-order valence-electron chi connectivity index (χ4n) is 3.14. The van der Waals surface area contributed by atoms with Gasteiger partial charge >= 0.3 is 0 Å². The van der Waals surface area contributed by atoms with Gasteiger partial charge in [0.2, 0.25) is 0 Å². The molecule has 3 heteroatoms. The van der Waals surface area contributed by atoms with Crippen LogP contribution in [0.2, 0.25) is 0 Å². The molecule has 0 spiro atoms. The number of hydrogen-bond donors (Lipinski definition) is 2. The predicted octanol–water partition coefficient (Wildman–Crippen LogP) is 1.68. The van der Waals surface area contributed by atoms with E-state index < -0.39 is 0 Å². The molecule has 0 aromatic rings. The SMILES string of the molecule is CC1CCC(C(NN)C2CCOC2)CC1. The van der Waals surface area contributed by atoms with Gasteiger partial charge in [-0.3, -0.25) is 11.3 Å². The highest BCUT2D eigenvalue weighted by Crippen LogP contribution is 2.34. The van der Waals surface area contributed by atoms with Gasteiger partial charge in [-0.2, -0.15) is 0 Å². The van der Waals surface area contributed by atoms with E-state index >= 15 is 0 Å². The van der Waals surface area contributed by atoms with Gasteiger partial charge in [-0.15, -0.1) is 0 Å². The first kappa shape index (κ1) is 11.4. The van der Waals surface area contributed by atoms with Crippen LogP contribution < -0.4 is 11.3 Å². The quantitative estimate of drug-likeness (QED) is 0.553. The monoisotopic (exact) mass is 212 g/mol. The minimum Gasteiger partial charge on any atom is -0.381 e. The summed E-state index contributed by atoms with van der Waals surface area (Å²) in [6.07, 6.45) is 6.60. The van der Waals surface area contributed by atoms with Gasteiger partial charge in [0.05, 0.1) is 6.61 Å². The number of hydrogen-bond acceptors (Lipinski definition) is 3. The largest absolute Gasteiger partial charge is 0.381 e. The molecule has 3 N–H and O–H groups in total. The Morgan fingerprint density at radius 2 is 1.87 bits per heavy atom. The maximum atomic E-state index is 5.71. The van der Waals surface area contributed by atoms with Gasteiger partial charge in [0, 0.05) is 18.6 Å². The van der Waals surface area contributed by atoms with Crippen LogP contribution in [0.25, 0.3) is 0 Å². The van der Waals surface area contributed by atoms with E-state index in [0.717, 1.165) is 25.0 Å². The van der Waals surface area contributed by atoms with E-state index in [2.05, 4.69) is 12.3 Å². The smallest absolute Gasteiger partial charge is 0.0510 e. The Morgan fingerprint density at radius 3 is 2.40 bits per heavy atom. The van der Waals surface area contributed by atoms with E-state index in [0.29, 0.717) is 12.0 Å². The fraction of sp³-hybridized carbons (Fsp3) is 1.00. The van der Waals surface area contributed by atoms with E-state index in [1.165, 1.54) is 32.1 Å². The van der Waals surface area contributed by atoms with Gasteiger partial charge in [0.15, 0.2) is 0 Å². The standard InChI is InChI=1S/C12H24N2O/c1-9-2-4-10(5-3-9)12(14-13)11-6-7-15-8-11/h9-12,14H,2-8,13H2,1H3. The molecule has 15 heavy (non-hydrogen) atoms. The Balaban J connectivity index is 1.88. The van der Waals surface area contributed by atoms with Crippen LogP contribution in [0.1, 0.15) is 39.0 Å². The summed E-state index contributed by atoms with van der Waals surface area (Å²) >= 11 is 0. The minimum atomic E-state index is 0.486. The number of hydrazine groups is 1. The third-order valence-electron chi connectivity index (χ3n) is 4.23. The first-order valence-electron chi connectivity index (χ1n) is 6.35. The van der Waals surface area contributed by atoms with E-state index in [1.54, 1.807) is 0 Å². The maximum absolute atomic E-state index is 5.71. The highest BCUT2D eigenvalue weighted by molar-refractivity contribution is 4.86. The molecule has 1 aliphatic heterocycles. The van der Waals surface area contributed by atoms with Crippen LogP contribution in [0.4, 0.5) is 0 Å². The van der Waals surface area contributed by atoms with Crippen molar-refractivity contribution in [3.8, 4) is 0 Å². The number of rotatable bonds is 3. The molecule has 2 atom stereocenters. The lowest BCUT2D eigenvalue weighted by Crippen LogP contribution is -2.47. The first-order valence-corrected chi connectivity index (χ1v) is 6.35. The molecule has 1 saturated heterocycles. The molecule has 0 amide bonds. The van der Waals surface area contributed by atoms with E-state index in [9.17, 15) is 0 Å². The summed E-state index contributed by atoms with van der Waals surface area (Å²) in [7, 11) is 0. The van der Waals surface area contributed by atoms with Crippen LogP contribution in [-0.2, 0) is 4.74 Å². The molecule has 1 aliphatic carbocycles. The van der Waals surface area contributed by atoms with Crippen molar-refractivity contribution in [3.63, 3.8) is 0 Å². The third kappa shape index (κ3) is 2.71. The Bertz CT molecular complexity index is 184. The van der Waals surface area contributed by atoms with Crippen LogP contribution in [0.5, 0.6) is 0 Å². The van der Waals surface area contributed by atoms with Crippen LogP contribution in [0.15, 0.2) is 0 Å². The van der Waals surface area contributed by atoms with Crippen LogP contribution in [0, 0.1) is 17.8 Å². The van der Waals surface area contributed by atoms with Crippen molar-refractivity contribution in [2.75, 3.05) is 13.2 Å². The Kier molecular flexibility index (Phi) is 4.00. The third-order valence-corrected chi connectivity index (χ3v) is 4.23. The summed E-state index contributed by atoms with van der Waals surface area (Å²) in [5.74, 6) is 8.05. The highest BCUT2D eigenvalue weighted by atomic mass is 16.5. The second-order valence-electron chi connectivity index (χ2n) is 5.34. The van der Waals surface area contributed by atoms with Crippen molar-refractivity contribution in [2.24, 2.45) is 23.6 Å². The first-order chi connectivity index (χ1) is 7.31. The zero-order chi connectivity index (χ0) is 10.7. The lowest BCUT2D eigenvalue weighted by atomic mass is 9.75. The minimum absolute atomic E-state index is 0.486. The Morgan fingerprint density at radius 1 is 1.13 bits per heavy atom. The molecule has 1 saturated carbocycles. The summed E-state index contributed by atoms with van der Waals surface area (Å²) in [5.41, 5.74) is 3.05. The predicted molar refractivity (Wildman–Crippen MR) is 61.2 cm³/mol. The fourth-order valence-corrected chi connectivity index (χ4v) is 3.14. The average Bonchev–Trinajstić information content (AvgIpc) is 2.75. The van der Waals surface area contributed by atoms with E-state index in [4.69, 9.17) is 10.6 Å². The highest BCUT2D eigenvalue weighted by Gasteiger charge is 2.33. The van der Waals surface area contributed by atoms with Crippen molar-refractivity contribution in [1.29, 1.82) is 0 Å². The molecule has 0 bridgehead atoms. The molecule has 88 valence electrons. The lowest BCUT2D eigenvalue weighted by molar-refractivity contribution is 0.146. The molecule has 0 aromatic heterocycles. The number of nitrogens with one attached hydrogen (secondary N) is 1. The lowest BCUT2D eigenvalue weighted by Gasteiger charge is -2.35. The van der Waals surface area contributed by atoms with Gasteiger partial charge < -0.3 is 4.74 Å². The molecule has 1 heterocycles. The van der Waals surface area contributed by atoms with Crippen LogP contribution >= 0.6 is 0 Å². The summed E-state index contributed by atoms with van der Waals surface area (Å²) < 4.78 is 5.46. The summed E-state index contributed by atoms with van der Waals surface area (Å²) in [4.78, 5) is 0. The molecule has 2 unspecified atom stereocenters. The van der Waals surface area contributed by atoms with Crippen molar-refractivity contribution in [3.05, 3.63) is 0 Å². The van der Waals surface area contributed by atoms with Crippen molar-refractivity contribution in [1.82, 2.24) is 5.43 Å². The van der Waals surface area contributed by atoms with E-state index in [-0.39, 0.29) is 0 Å². The normalized spacial score (nSPS) is 39.2. The molecule has 3 nitrogen and oxygen atoms in total. The molecule has 2 rings (SSSR count). The average molecular weight is 212 g/mol. The maximum Gasteiger partial charge on any atom is 0.0510 e. The van der Waals surface area contributed by atoms with E-state index in [1.807, 2.05) is 0 Å². The van der Waals surface area contributed by atoms with Gasteiger partial charge in [0.25, 0.3) is 0 Å². The van der Waals surface area contributed by atoms with Crippen molar-refractivity contribution in [2.45, 2.75) is 45.1 Å². The number of ether oxygens (including phenoxy) is 1. The van der Waals surface area contributed by atoms with Gasteiger partial charge in [-0.05, 0) is 31.1 Å². The van der Waals surface area contributed by atoms with Gasteiger partial charge in [0.1, 0.15) is 0 Å². The Labute approximate surface area is 92.7 Å².